The van der Waals surface area contributed by atoms with Gasteiger partial charge in [0.1, 0.15) is 0 Å². The van der Waals surface area contributed by atoms with Gasteiger partial charge in [-0.3, -0.25) is 0 Å². The van der Waals surface area contributed by atoms with Crippen LogP contribution in [0.5, 0.6) is 0 Å². The predicted molar refractivity (Wildman–Crippen MR) is 106 cm³/mol. The molecule has 0 bridgehead atoms. The second-order valence-electron chi connectivity index (χ2n) is 6.32. The van der Waals surface area contributed by atoms with Gasteiger partial charge in [0.25, 0.3) is 0 Å². The van der Waals surface area contributed by atoms with Crippen LogP contribution in [-0.4, -0.2) is 5.43 Å². The van der Waals surface area contributed by atoms with E-state index in [0.29, 0.717) is 0 Å². The number of rotatable bonds is 0. The zero-order valence-electron chi connectivity index (χ0n) is 15.7. The topological polar surface area (TPSA) is 0 Å². The van der Waals surface area contributed by atoms with Crippen molar-refractivity contribution < 1.29 is 48.1 Å². The zero-order chi connectivity index (χ0) is 17.5. The van der Waals surface area contributed by atoms with Gasteiger partial charge >= 0.3 is 41.9 Å². The van der Waals surface area contributed by atoms with Crippen LogP contribution in [0.4, 0.5) is 0 Å². The Morgan fingerprint density at radius 2 is 1.00 bits per heavy atom. The first kappa shape index (κ1) is 25.3. The smallest absolute Gasteiger partial charge is 0.0579 e. The third kappa shape index (κ3) is 8.35. The van der Waals surface area contributed by atoms with Gasteiger partial charge in [-0.25, -0.2) is 0 Å². The zero-order valence-corrected chi connectivity index (χ0v) is 20.7. The van der Waals surface area contributed by atoms with E-state index in [9.17, 15) is 0 Å². The van der Waals surface area contributed by atoms with E-state index in [1.165, 1.54) is 32.7 Å². The van der Waals surface area contributed by atoms with Gasteiger partial charge in [-0.15, -0.1) is 81.2 Å². The molecular weight excluding hydrogens is 454 g/mol. The fourth-order valence-corrected chi connectivity index (χ4v) is 2.61. The molecule has 4 heteroatoms. The summed E-state index contributed by atoms with van der Waals surface area (Å²) >= 11 is 1.74. The molecule has 0 aromatic heterocycles. The molecule has 0 fully saturated rings. The maximum atomic E-state index is 2.31. The maximum Gasteiger partial charge on any atom is -0.0579 e. The van der Waals surface area contributed by atoms with Gasteiger partial charge in [0, 0.05) is 0 Å². The molecule has 0 aliphatic carbocycles. The number of hydrogen-bond donors (Lipinski definition) is 0. The molecule has 0 nitrogen and oxygen atoms in total. The Morgan fingerprint density at radius 1 is 0.692 bits per heavy atom. The Balaban J connectivity index is 0.000000378. The van der Waals surface area contributed by atoms with Crippen molar-refractivity contribution in [1.82, 2.24) is 0 Å². The molecule has 0 saturated carbocycles. The molecule has 0 spiro atoms. The van der Waals surface area contributed by atoms with E-state index in [4.69, 9.17) is 0 Å². The number of fused-ring (bicyclic) bond motifs is 2. The molecule has 4 aromatic rings. The van der Waals surface area contributed by atoms with Gasteiger partial charge in [-0.1, -0.05) is 26.0 Å². The van der Waals surface area contributed by atoms with Crippen LogP contribution in [0.25, 0.3) is 21.5 Å². The Labute approximate surface area is 184 Å². The second-order valence-corrected chi connectivity index (χ2v) is 15.7. The van der Waals surface area contributed by atoms with Crippen LogP contribution in [0.2, 0.25) is 13.1 Å². The van der Waals surface area contributed by atoms with Gasteiger partial charge in [0.05, 0.1) is 0 Å². The first-order valence-electron chi connectivity index (χ1n) is 8.21. The minimum Gasteiger partial charge on any atom is -1.00 e. The summed E-state index contributed by atoms with van der Waals surface area (Å²) in [6.45, 7) is 8.87. The molecule has 0 aliphatic heterocycles. The maximum absolute atomic E-state index is 2.31. The van der Waals surface area contributed by atoms with E-state index in [1.807, 2.05) is 0 Å². The Bertz CT molecular complexity index is 795. The van der Waals surface area contributed by atoms with E-state index in [-0.39, 0.29) is 30.2 Å². The summed E-state index contributed by atoms with van der Waals surface area (Å²) < 4.78 is 0. The number of hydrogen-bond acceptors (Lipinski definition) is 0. The summed E-state index contributed by atoms with van der Waals surface area (Å²) in [5.74, 6) is 0. The largest absolute Gasteiger partial charge is 1.00 e. The molecule has 0 saturated heterocycles. The SMILES string of the molecule is C[Si](C)=[Zr+2].Cc1cc2ccccc2[cH-]1.Cc1cc2ccccc2[cH-]1.[Cl-].[Cl-]. The van der Waals surface area contributed by atoms with Gasteiger partial charge in [-0.2, -0.15) is 12.1 Å². The number of benzene rings is 2. The molecule has 0 amide bonds. The Hall–Kier alpha value is -0.660. The quantitative estimate of drug-likeness (QED) is 0.256. The standard InChI is InChI=1S/2C10H9.C2H6Si.2ClH.Zr/c2*1-8-6-9-4-2-3-5-10(9)7-8;1-3-2;;;/h2*2-7H,1H3;1-2H3;2*1H;/q2*-1;;;;+2/p-2. The van der Waals surface area contributed by atoms with Crippen molar-refractivity contribution in [3.05, 3.63) is 83.9 Å². The summed E-state index contributed by atoms with van der Waals surface area (Å²) in [6, 6.07) is 25.7. The van der Waals surface area contributed by atoms with Gasteiger partial charge in [0.2, 0.25) is 0 Å². The first-order valence-corrected chi connectivity index (χ1v) is 14.4. The molecule has 0 aliphatic rings. The van der Waals surface area contributed by atoms with Crippen LogP contribution in [0, 0.1) is 13.8 Å². The fourth-order valence-electron chi connectivity index (χ4n) is 2.61. The minimum absolute atomic E-state index is 0. The van der Waals surface area contributed by atoms with Crippen LogP contribution < -0.4 is 24.8 Å². The molecular formula is C22H24Cl2SiZr-2. The Morgan fingerprint density at radius 3 is 1.31 bits per heavy atom. The summed E-state index contributed by atoms with van der Waals surface area (Å²) in [4.78, 5) is 0. The summed E-state index contributed by atoms with van der Waals surface area (Å²) in [6.07, 6.45) is 0. The molecule has 0 N–H and O–H groups in total. The second kappa shape index (κ2) is 12.7. The third-order valence-electron chi connectivity index (χ3n) is 3.52. The number of aryl methyl sites for hydroxylation is 2. The van der Waals surface area contributed by atoms with Crippen molar-refractivity contribution in [2.24, 2.45) is 0 Å². The Kier molecular flexibility index (Phi) is 12.4. The van der Waals surface area contributed by atoms with E-state index >= 15 is 0 Å². The fraction of sp³-hybridized carbons (Fsp3) is 0.182. The van der Waals surface area contributed by atoms with Crippen LogP contribution in [0.1, 0.15) is 11.1 Å². The normalized spacial score (nSPS) is 9.15. The molecule has 0 radical (unpaired) electrons. The van der Waals surface area contributed by atoms with Crippen molar-refractivity contribution in [3.8, 4) is 0 Å². The molecule has 136 valence electrons. The van der Waals surface area contributed by atoms with Crippen molar-refractivity contribution in [2.45, 2.75) is 26.9 Å². The van der Waals surface area contributed by atoms with Crippen LogP contribution in [-0.2, 0) is 23.3 Å². The monoisotopic (exact) mass is 476 g/mol. The van der Waals surface area contributed by atoms with Gasteiger partial charge < -0.3 is 24.8 Å². The van der Waals surface area contributed by atoms with E-state index in [2.05, 4.69) is 99.7 Å². The van der Waals surface area contributed by atoms with Crippen LogP contribution in [0.15, 0.2) is 72.8 Å². The molecule has 0 unspecified atom stereocenters. The third-order valence-corrected chi connectivity index (χ3v) is 3.52. The average molecular weight is 479 g/mol. The predicted octanol–water partition coefficient (Wildman–Crippen LogP) is 0.527. The van der Waals surface area contributed by atoms with E-state index < -0.39 is 0 Å². The van der Waals surface area contributed by atoms with E-state index in [1.54, 1.807) is 23.3 Å². The molecule has 0 heterocycles. The summed E-state index contributed by atoms with van der Waals surface area (Å²) in [5.41, 5.74) is 2.91. The summed E-state index contributed by atoms with van der Waals surface area (Å²) in [5, 5.41) is 5.39. The molecule has 26 heavy (non-hydrogen) atoms. The minimum atomic E-state index is 0. The van der Waals surface area contributed by atoms with Crippen molar-refractivity contribution >= 4 is 27.0 Å². The van der Waals surface area contributed by atoms with Crippen LogP contribution in [0.3, 0.4) is 0 Å². The van der Waals surface area contributed by atoms with Crippen molar-refractivity contribution in [1.29, 1.82) is 0 Å². The van der Waals surface area contributed by atoms with Gasteiger partial charge in [0.15, 0.2) is 0 Å². The molecule has 4 aromatic carbocycles. The first-order chi connectivity index (χ1) is 11.5. The molecule has 0 atom stereocenters. The number of halogens is 2. The van der Waals surface area contributed by atoms with E-state index in [0.717, 1.165) is 0 Å². The van der Waals surface area contributed by atoms with Crippen LogP contribution >= 0.6 is 0 Å². The van der Waals surface area contributed by atoms with Crippen molar-refractivity contribution in [2.75, 3.05) is 0 Å². The van der Waals surface area contributed by atoms with Gasteiger partial charge in [-0.05, 0) is 0 Å². The summed E-state index contributed by atoms with van der Waals surface area (Å²) in [7, 11) is 0. The molecule has 4 rings (SSSR count). The average Bonchev–Trinajstić information content (AvgIpc) is 3.07. The van der Waals surface area contributed by atoms with Crippen molar-refractivity contribution in [3.63, 3.8) is 0 Å².